The van der Waals surface area contributed by atoms with Gasteiger partial charge in [-0.2, -0.15) is 4.98 Å². The summed E-state index contributed by atoms with van der Waals surface area (Å²) in [6.45, 7) is 5.08. The summed E-state index contributed by atoms with van der Waals surface area (Å²) in [5, 5.41) is 3.45. The molecule has 178 valence electrons. The summed E-state index contributed by atoms with van der Waals surface area (Å²) in [5.74, 6) is 0.550. The van der Waals surface area contributed by atoms with Gasteiger partial charge in [0, 0.05) is 37.2 Å². The standard InChI is InChI=1S/C24H27ClN6O3/c1-3-19(32)26-16-12-17(13-16)29-10-6-7-11-30-20-21(27-23(29)30)28(2)24(34)31(22(20)33)14-15-8-4-5-9-18(15)25/h3-5,8-9,16-17H,1,6-7,10-14H2,2H3,(H,26,32). The van der Waals surface area contributed by atoms with Crippen LogP contribution in [0.4, 0.5) is 5.95 Å². The first kappa shape index (κ1) is 22.5. The molecule has 1 aliphatic heterocycles. The van der Waals surface area contributed by atoms with Crippen molar-refractivity contribution in [3.63, 3.8) is 0 Å². The second-order valence-corrected chi connectivity index (χ2v) is 9.40. The Morgan fingerprint density at radius 2 is 1.97 bits per heavy atom. The van der Waals surface area contributed by atoms with Crippen LogP contribution in [0.2, 0.25) is 5.02 Å². The lowest BCUT2D eigenvalue weighted by Crippen LogP contribution is -2.54. The maximum atomic E-state index is 13.6. The van der Waals surface area contributed by atoms with Crippen LogP contribution in [0.5, 0.6) is 0 Å². The Morgan fingerprint density at radius 1 is 1.24 bits per heavy atom. The average molecular weight is 483 g/mol. The number of hydrogen-bond acceptors (Lipinski definition) is 5. The molecule has 2 aromatic heterocycles. The Bertz CT molecular complexity index is 1400. The molecule has 3 aromatic rings. The number of benzene rings is 1. The number of carbonyl (C=O) groups excluding carboxylic acids is 1. The number of imidazole rings is 1. The summed E-state index contributed by atoms with van der Waals surface area (Å²) < 4.78 is 4.64. The zero-order valence-corrected chi connectivity index (χ0v) is 19.8. The van der Waals surface area contributed by atoms with Gasteiger partial charge < -0.3 is 14.8 Å². The lowest BCUT2D eigenvalue weighted by Gasteiger charge is -2.43. The van der Waals surface area contributed by atoms with E-state index in [2.05, 4.69) is 16.8 Å². The summed E-state index contributed by atoms with van der Waals surface area (Å²) in [6, 6.07) is 7.53. The summed E-state index contributed by atoms with van der Waals surface area (Å²) in [5.41, 5.74) is 0.758. The van der Waals surface area contributed by atoms with Gasteiger partial charge in [-0.15, -0.1) is 0 Å². The van der Waals surface area contributed by atoms with Gasteiger partial charge in [0.15, 0.2) is 11.2 Å². The fourth-order valence-corrected chi connectivity index (χ4v) is 5.14. The van der Waals surface area contributed by atoms with Gasteiger partial charge in [0.2, 0.25) is 11.9 Å². The van der Waals surface area contributed by atoms with Gasteiger partial charge in [0.1, 0.15) is 0 Å². The molecule has 10 heteroatoms. The zero-order chi connectivity index (χ0) is 24.0. The molecule has 0 atom stereocenters. The van der Waals surface area contributed by atoms with Crippen LogP contribution >= 0.6 is 11.6 Å². The Hall–Kier alpha value is -3.33. The third kappa shape index (κ3) is 3.73. The quantitative estimate of drug-likeness (QED) is 0.561. The molecule has 0 spiro atoms. The van der Waals surface area contributed by atoms with Gasteiger partial charge in [-0.25, -0.2) is 4.79 Å². The minimum absolute atomic E-state index is 0.0959. The van der Waals surface area contributed by atoms with Gasteiger partial charge in [0.05, 0.1) is 6.54 Å². The maximum Gasteiger partial charge on any atom is 0.332 e. The Balaban J connectivity index is 1.55. The summed E-state index contributed by atoms with van der Waals surface area (Å²) in [6.07, 6.45) is 4.78. The van der Waals surface area contributed by atoms with Crippen LogP contribution in [0.1, 0.15) is 31.2 Å². The first-order valence-corrected chi connectivity index (χ1v) is 11.9. The molecule has 0 radical (unpaired) electrons. The second-order valence-electron chi connectivity index (χ2n) is 9.00. The highest BCUT2D eigenvalue weighted by Crippen LogP contribution is 2.33. The van der Waals surface area contributed by atoms with Gasteiger partial charge in [-0.1, -0.05) is 36.4 Å². The van der Waals surface area contributed by atoms with E-state index >= 15 is 0 Å². The van der Waals surface area contributed by atoms with Crippen molar-refractivity contribution >= 4 is 34.6 Å². The smallest absolute Gasteiger partial charge is 0.332 e. The molecule has 0 saturated heterocycles. The number of rotatable bonds is 5. The highest BCUT2D eigenvalue weighted by molar-refractivity contribution is 6.31. The van der Waals surface area contributed by atoms with E-state index < -0.39 is 5.69 Å². The first-order chi connectivity index (χ1) is 16.4. The van der Waals surface area contributed by atoms with Crippen LogP contribution in [0.3, 0.4) is 0 Å². The molecular weight excluding hydrogens is 456 g/mol. The van der Waals surface area contributed by atoms with Crippen molar-refractivity contribution in [3.05, 3.63) is 68.3 Å². The molecule has 1 aliphatic carbocycles. The number of nitrogens with zero attached hydrogens (tertiary/aromatic N) is 5. The van der Waals surface area contributed by atoms with E-state index in [1.807, 2.05) is 22.8 Å². The number of anilines is 1. The van der Waals surface area contributed by atoms with Crippen LogP contribution in [-0.4, -0.2) is 43.2 Å². The van der Waals surface area contributed by atoms with Gasteiger partial charge in [-0.05, 0) is 43.4 Å². The topological polar surface area (TPSA) is 94.2 Å². The Kier molecular flexibility index (Phi) is 5.81. The molecule has 1 N–H and O–H groups in total. The summed E-state index contributed by atoms with van der Waals surface area (Å²) in [7, 11) is 1.65. The molecule has 1 fully saturated rings. The van der Waals surface area contributed by atoms with Crippen molar-refractivity contribution in [1.82, 2.24) is 24.0 Å². The number of carbonyl (C=O) groups is 1. The number of nitrogens with one attached hydrogen (secondary N) is 1. The third-order valence-corrected chi connectivity index (χ3v) is 7.24. The number of aryl methyl sites for hydroxylation is 2. The van der Waals surface area contributed by atoms with E-state index in [9.17, 15) is 14.4 Å². The monoisotopic (exact) mass is 482 g/mol. The zero-order valence-electron chi connectivity index (χ0n) is 19.0. The number of halogens is 1. The fraction of sp³-hybridized carbons (Fsp3) is 0.417. The predicted molar refractivity (Wildman–Crippen MR) is 132 cm³/mol. The lowest BCUT2D eigenvalue weighted by atomic mass is 9.85. The normalized spacial score (nSPS) is 19.9. The Labute approximate surface area is 201 Å². The van der Waals surface area contributed by atoms with E-state index in [4.69, 9.17) is 16.6 Å². The van der Waals surface area contributed by atoms with E-state index in [0.717, 1.165) is 32.2 Å². The minimum Gasteiger partial charge on any atom is -0.350 e. The molecule has 5 rings (SSSR count). The van der Waals surface area contributed by atoms with E-state index in [1.165, 1.54) is 15.2 Å². The summed E-state index contributed by atoms with van der Waals surface area (Å²) >= 11 is 6.30. The van der Waals surface area contributed by atoms with Crippen molar-refractivity contribution in [2.45, 2.75) is 50.9 Å². The summed E-state index contributed by atoms with van der Waals surface area (Å²) in [4.78, 5) is 45.4. The second kappa shape index (κ2) is 8.79. The predicted octanol–water partition coefficient (Wildman–Crippen LogP) is 2.03. The van der Waals surface area contributed by atoms with Crippen LogP contribution in [0.25, 0.3) is 11.2 Å². The van der Waals surface area contributed by atoms with E-state index in [1.54, 1.807) is 13.1 Å². The van der Waals surface area contributed by atoms with Crippen LogP contribution < -0.4 is 21.5 Å². The Morgan fingerprint density at radius 3 is 2.71 bits per heavy atom. The SMILES string of the molecule is C=CC(=O)NC1CC(N2CCCCn3c2nc2c3c(=O)n(Cc3ccccc3Cl)c(=O)n2C)C1. The molecular formula is C24H27ClN6O3. The van der Waals surface area contributed by atoms with Crippen molar-refractivity contribution in [3.8, 4) is 0 Å². The first-order valence-electron chi connectivity index (χ1n) is 11.5. The van der Waals surface area contributed by atoms with Crippen molar-refractivity contribution in [2.75, 3.05) is 11.4 Å². The molecule has 34 heavy (non-hydrogen) atoms. The molecule has 1 saturated carbocycles. The van der Waals surface area contributed by atoms with E-state index in [-0.39, 0.29) is 30.1 Å². The number of aromatic nitrogens is 4. The average Bonchev–Trinajstić information content (AvgIpc) is 3.07. The van der Waals surface area contributed by atoms with Crippen LogP contribution in [0.15, 0.2) is 46.5 Å². The van der Waals surface area contributed by atoms with Gasteiger partial charge in [-0.3, -0.25) is 18.7 Å². The molecule has 0 unspecified atom stereocenters. The maximum absolute atomic E-state index is 13.6. The van der Waals surface area contributed by atoms with Gasteiger partial charge >= 0.3 is 5.69 Å². The molecule has 2 aliphatic rings. The molecule has 0 bridgehead atoms. The minimum atomic E-state index is -0.423. The highest BCUT2D eigenvalue weighted by atomic mass is 35.5. The number of fused-ring (bicyclic) bond motifs is 3. The molecule has 1 amide bonds. The molecule has 3 heterocycles. The highest BCUT2D eigenvalue weighted by Gasteiger charge is 2.37. The third-order valence-electron chi connectivity index (χ3n) is 6.87. The lowest BCUT2D eigenvalue weighted by molar-refractivity contribution is -0.117. The van der Waals surface area contributed by atoms with E-state index in [0.29, 0.717) is 34.2 Å². The van der Waals surface area contributed by atoms with Crippen molar-refractivity contribution < 1.29 is 4.79 Å². The fourth-order valence-electron chi connectivity index (χ4n) is 4.95. The molecule has 9 nitrogen and oxygen atoms in total. The number of amides is 1. The van der Waals surface area contributed by atoms with Gasteiger partial charge in [0.25, 0.3) is 5.56 Å². The van der Waals surface area contributed by atoms with Crippen molar-refractivity contribution in [1.29, 1.82) is 0 Å². The molecule has 1 aromatic carbocycles. The van der Waals surface area contributed by atoms with Crippen molar-refractivity contribution in [2.24, 2.45) is 7.05 Å². The largest absolute Gasteiger partial charge is 0.350 e. The van der Waals surface area contributed by atoms with Crippen LogP contribution in [-0.2, 0) is 24.9 Å². The van der Waals surface area contributed by atoms with Crippen LogP contribution in [0, 0.1) is 0 Å². The number of hydrogen-bond donors (Lipinski definition) is 1.